The monoisotopic (exact) mass is 276 g/mol. The second-order valence-corrected chi connectivity index (χ2v) is 5.29. The molecule has 5 heteroatoms. The molecule has 1 aliphatic heterocycles. The Balaban J connectivity index is 1.79. The molecule has 2 rings (SSSR count). The average Bonchev–Trinajstić information content (AvgIpc) is 2.90. The molecule has 4 nitrogen and oxygen atoms in total. The van der Waals surface area contributed by atoms with Crippen molar-refractivity contribution in [1.82, 2.24) is 5.32 Å². The van der Waals surface area contributed by atoms with Crippen LogP contribution in [0.1, 0.15) is 12.5 Å². The van der Waals surface area contributed by atoms with Gasteiger partial charge in [-0.15, -0.1) is 11.8 Å². The molecule has 1 unspecified atom stereocenters. The van der Waals surface area contributed by atoms with E-state index in [0.29, 0.717) is 12.3 Å². The SMILES string of the molecule is C=C(C)c1ccc(NC(=O)OCC2NC=CS2)cc1. The summed E-state index contributed by atoms with van der Waals surface area (Å²) in [5, 5.41) is 7.79. The number of amides is 1. The van der Waals surface area contributed by atoms with Gasteiger partial charge in [-0.2, -0.15) is 0 Å². The molecule has 1 atom stereocenters. The van der Waals surface area contributed by atoms with Crippen LogP contribution < -0.4 is 10.6 Å². The molecule has 19 heavy (non-hydrogen) atoms. The lowest BCUT2D eigenvalue weighted by Crippen LogP contribution is -2.26. The van der Waals surface area contributed by atoms with Gasteiger partial charge in [0.25, 0.3) is 0 Å². The predicted octanol–water partition coefficient (Wildman–Crippen LogP) is 3.40. The van der Waals surface area contributed by atoms with Crippen LogP contribution in [0, 0.1) is 0 Å². The van der Waals surface area contributed by atoms with Crippen LogP contribution in [0.4, 0.5) is 10.5 Å². The van der Waals surface area contributed by atoms with E-state index < -0.39 is 6.09 Å². The van der Waals surface area contributed by atoms with Crippen molar-refractivity contribution in [2.45, 2.75) is 12.3 Å². The molecular formula is C14H16N2O2S. The number of hydrogen-bond donors (Lipinski definition) is 2. The molecule has 0 saturated heterocycles. The Morgan fingerprint density at radius 3 is 2.79 bits per heavy atom. The van der Waals surface area contributed by atoms with Gasteiger partial charge in [0.05, 0.1) is 0 Å². The Morgan fingerprint density at radius 1 is 1.47 bits per heavy atom. The summed E-state index contributed by atoms with van der Waals surface area (Å²) in [6.07, 6.45) is 1.39. The van der Waals surface area contributed by atoms with Gasteiger partial charge >= 0.3 is 6.09 Å². The van der Waals surface area contributed by atoms with E-state index in [4.69, 9.17) is 4.74 Å². The van der Waals surface area contributed by atoms with Crippen LogP contribution in [0.15, 0.2) is 42.5 Å². The summed E-state index contributed by atoms with van der Waals surface area (Å²) in [6, 6.07) is 7.48. The van der Waals surface area contributed by atoms with Crippen LogP contribution in [-0.4, -0.2) is 18.1 Å². The molecule has 0 aliphatic carbocycles. The highest BCUT2D eigenvalue weighted by molar-refractivity contribution is 8.02. The highest BCUT2D eigenvalue weighted by atomic mass is 32.2. The van der Waals surface area contributed by atoms with E-state index in [2.05, 4.69) is 17.2 Å². The normalized spacial score (nSPS) is 16.8. The number of anilines is 1. The largest absolute Gasteiger partial charge is 0.446 e. The number of allylic oxidation sites excluding steroid dienone is 1. The first-order valence-corrected chi connectivity index (χ1v) is 6.85. The summed E-state index contributed by atoms with van der Waals surface area (Å²) in [5.74, 6) is 0. The minimum absolute atomic E-state index is 0.108. The molecule has 1 aromatic rings. The van der Waals surface area contributed by atoms with Gasteiger partial charge in [-0.05, 0) is 30.0 Å². The Hall–Kier alpha value is -1.88. The van der Waals surface area contributed by atoms with E-state index in [-0.39, 0.29) is 5.37 Å². The van der Waals surface area contributed by atoms with Gasteiger partial charge in [0, 0.05) is 11.9 Å². The molecule has 0 saturated carbocycles. The molecule has 1 amide bonds. The predicted molar refractivity (Wildman–Crippen MR) is 79.8 cm³/mol. The fourth-order valence-electron chi connectivity index (χ4n) is 1.55. The Bertz CT molecular complexity index is 489. The molecule has 0 radical (unpaired) electrons. The Morgan fingerprint density at radius 2 is 2.21 bits per heavy atom. The first-order valence-electron chi connectivity index (χ1n) is 5.91. The van der Waals surface area contributed by atoms with Crippen molar-refractivity contribution in [3.05, 3.63) is 48.0 Å². The minimum atomic E-state index is -0.447. The molecule has 1 heterocycles. The minimum Gasteiger partial charge on any atom is -0.446 e. The maximum atomic E-state index is 11.6. The van der Waals surface area contributed by atoms with E-state index in [0.717, 1.165) is 11.1 Å². The van der Waals surface area contributed by atoms with Crippen LogP contribution in [-0.2, 0) is 4.74 Å². The van der Waals surface area contributed by atoms with Gasteiger partial charge < -0.3 is 10.1 Å². The molecule has 0 fully saturated rings. The van der Waals surface area contributed by atoms with Gasteiger partial charge in [0.2, 0.25) is 0 Å². The molecule has 1 aliphatic rings. The fraction of sp³-hybridized carbons (Fsp3) is 0.214. The molecule has 0 aromatic heterocycles. The van der Waals surface area contributed by atoms with Gasteiger partial charge in [0.15, 0.2) is 0 Å². The number of nitrogens with one attached hydrogen (secondary N) is 2. The van der Waals surface area contributed by atoms with E-state index in [1.165, 1.54) is 0 Å². The van der Waals surface area contributed by atoms with E-state index >= 15 is 0 Å². The number of rotatable bonds is 4. The third-order valence-electron chi connectivity index (χ3n) is 2.58. The van der Waals surface area contributed by atoms with Gasteiger partial charge in [0.1, 0.15) is 12.0 Å². The second-order valence-electron chi connectivity index (χ2n) is 4.18. The maximum absolute atomic E-state index is 11.6. The summed E-state index contributed by atoms with van der Waals surface area (Å²) < 4.78 is 5.12. The molecule has 2 N–H and O–H groups in total. The second kappa shape index (κ2) is 6.33. The smallest absolute Gasteiger partial charge is 0.411 e. The zero-order valence-corrected chi connectivity index (χ0v) is 11.5. The number of carbonyl (C=O) groups is 1. The van der Waals surface area contributed by atoms with Crippen molar-refractivity contribution >= 4 is 29.1 Å². The zero-order chi connectivity index (χ0) is 13.7. The first-order chi connectivity index (χ1) is 9.15. The van der Waals surface area contributed by atoms with Crippen molar-refractivity contribution in [2.24, 2.45) is 0 Å². The van der Waals surface area contributed by atoms with Crippen LogP contribution in [0.5, 0.6) is 0 Å². The lowest BCUT2D eigenvalue weighted by atomic mass is 10.1. The topological polar surface area (TPSA) is 50.4 Å². The van der Waals surface area contributed by atoms with Crippen molar-refractivity contribution < 1.29 is 9.53 Å². The summed E-state index contributed by atoms with van der Waals surface area (Å²) in [6.45, 7) is 6.13. The maximum Gasteiger partial charge on any atom is 0.411 e. The number of carbonyl (C=O) groups excluding carboxylic acids is 1. The molecule has 1 aromatic carbocycles. The van der Waals surface area contributed by atoms with Crippen LogP contribution in [0.25, 0.3) is 5.57 Å². The van der Waals surface area contributed by atoms with Gasteiger partial charge in [-0.1, -0.05) is 24.3 Å². The third-order valence-corrected chi connectivity index (χ3v) is 3.48. The van der Waals surface area contributed by atoms with Crippen LogP contribution >= 0.6 is 11.8 Å². The summed E-state index contributed by atoms with van der Waals surface area (Å²) in [7, 11) is 0. The number of hydrogen-bond acceptors (Lipinski definition) is 4. The van der Waals surface area contributed by atoms with Crippen molar-refractivity contribution in [1.29, 1.82) is 0 Å². The standard InChI is InChI=1S/C14H16N2O2S/c1-10(2)11-3-5-12(6-4-11)16-14(17)18-9-13-15-7-8-19-13/h3-8,13,15H,1,9H2,2H3,(H,16,17). The first kappa shape index (κ1) is 13.5. The summed E-state index contributed by atoms with van der Waals surface area (Å²) >= 11 is 1.59. The van der Waals surface area contributed by atoms with Gasteiger partial charge in [-0.25, -0.2) is 4.79 Å². The zero-order valence-electron chi connectivity index (χ0n) is 10.7. The molecule has 0 spiro atoms. The highest BCUT2D eigenvalue weighted by Gasteiger charge is 2.12. The summed E-state index contributed by atoms with van der Waals surface area (Å²) in [5.41, 5.74) is 2.75. The van der Waals surface area contributed by atoms with Gasteiger partial charge in [-0.3, -0.25) is 5.32 Å². The van der Waals surface area contributed by atoms with Crippen molar-refractivity contribution in [2.75, 3.05) is 11.9 Å². The Labute approximate surface area is 116 Å². The fourth-order valence-corrected chi connectivity index (χ4v) is 2.20. The molecule has 100 valence electrons. The van der Waals surface area contributed by atoms with Crippen LogP contribution in [0.3, 0.4) is 0 Å². The quantitative estimate of drug-likeness (QED) is 0.885. The van der Waals surface area contributed by atoms with Crippen molar-refractivity contribution in [3.63, 3.8) is 0 Å². The number of thioether (sulfide) groups is 1. The lowest BCUT2D eigenvalue weighted by molar-refractivity contribution is 0.160. The van der Waals surface area contributed by atoms with Crippen molar-refractivity contribution in [3.8, 4) is 0 Å². The number of ether oxygens (including phenoxy) is 1. The lowest BCUT2D eigenvalue weighted by Gasteiger charge is -2.11. The highest BCUT2D eigenvalue weighted by Crippen LogP contribution is 2.17. The molecular weight excluding hydrogens is 260 g/mol. The van der Waals surface area contributed by atoms with E-state index in [9.17, 15) is 4.79 Å². The van der Waals surface area contributed by atoms with Crippen LogP contribution in [0.2, 0.25) is 0 Å². The number of benzene rings is 1. The Kier molecular flexibility index (Phi) is 4.52. The third kappa shape index (κ3) is 4.06. The summed E-state index contributed by atoms with van der Waals surface area (Å²) in [4.78, 5) is 11.6. The average molecular weight is 276 g/mol. The molecule has 0 bridgehead atoms. The van der Waals surface area contributed by atoms with E-state index in [1.54, 1.807) is 11.8 Å². The van der Waals surface area contributed by atoms with E-state index in [1.807, 2.05) is 42.8 Å².